The van der Waals surface area contributed by atoms with E-state index < -0.39 is 22.0 Å². The third-order valence-electron chi connectivity index (χ3n) is 2.42. The predicted octanol–water partition coefficient (Wildman–Crippen LogP) is 0.984. The number of aromatic nitrogens is 1. The van der Waals surface area contributed by atoms with Crippen molar-refractivity contribution >= 4 is 27.3 Å². The Hall–Kier alpha value is -0.990. The average Bonchev–Trinajstić information content (AvgIpc) is 2.95. The second-order valence-electron chi connectivity index (χ2n) is 3.96. The van der Waals surface area contributed by atoms with E-state index in [1.807, 2.05) is 0 Å². The summed E-state index contributed by atoms with van der Waals surface area (Å²) in [6, 6.07) is -0.487. The van der Waals surface area contributed by atoms with Gasteiger partial charge in [0.05, 0.1) is 11.3 Å². The third kappa shape index (κ3) is 2.82. The average molecular weight is 276 g/mol. The van der Waals surface area contributed by atoms with Crippen LogP contribution in [-0.4, -0.2) is 29.7 Å². The molecule has 1 aliphatic carbocycles. The minimum absolute atomic E-state index is 0.0533. The van der Waals surface area contributed by atoms with Crippen LogP contribution in [-0.2, 0) is 10.0 Å². The summed E-state index contributed by atoms with van der Waals surface area (Å²) < 4.78 is 25.8. The van der Waals surface area contributed by atoms with Crippen LogP contribution < -0.4 is 4.72 Å². The van der Waals surface area contributed by atoms with Gasteiger partial charge in [-0.15, -0.1) is 11.3 Å². The summed E-state index contributed by atoms with van der Waals surface area (Å²) in [6.45, 7) is 1.66. The molecule has 1 saturated carbocycles. The van der Waals surface area contributed by atoms with Gasteiger partial charge in [0.25, 0.3) is 0 Å². The molecule has 17 heavy (non-hydrogen) atoms. The van der Waals surface area contributed by atoms with Crippen LogP contribution in [0.4, 0.5) is 0 Å². The summed E-state index contributed by atoms with van der Waals surface area (Å²) in [7, 11) is -3.28. The van der Waals surface area contributed by atoms with Crippen molar-refractivity contribution in [1.82, 2.24) is 9.71 Å². The maximum absolute atomic E-state index is 11.7. The molecule has 1 fully saturated rings. The van der Waals surface area contributed by atoms with Crippen LogP contribution in [0.25, 0.3) is 0 Å². The van der Waals surface area contributed by atoms with Crippen LogP contribution in [0.15, 0.2) is 5.38 Å². The Labute approximate surface area is 103 Å². The number of nitrogens with one attached hydrogen (secondary N) is 1. The fourth-order valence-corrected chi connectivity index (χ4v) is 3.78. The number of carbonyl (C=O) groups is 1. The molecule has 0 bridgehead atoms. The zero-order valence-electron chi connectivity index (χ0n) is 9.08. The van der Waals surface area contributed by atoms with Crippen molar-refractivity contribution in [2.75, 3.05) is 0 Å². The molecule has 2 rings (SSSR count). The Balaban J connectivity index is 2.08. The SMILES string of the molecule is CC(NS(=O)(=O)C1CC1)c1nc(C(=O)O)cs1. The fraction of sp³-hybridized carbons (Fsp3) is 0.556. The van der Waals surface area contributed by atoms with Crippen molar-refractivity contribution in [3.05, 3.63) is 16.1 Å². The predicted molar refractivity (Wildman–Crippen MR) is 62.6 cm³/mol. The highest BCUT2D eigenvalue weighted by atomic mass is 32.2. The van der Waals surface area contributed by atoms with Crippen LogP contribution in [0.1, 0.15) is 41.3 Å². The molecule has 1 heterocycles. The highest BCUT2D eigenvalue weighted by molar-refractivity contribution is 7.90. The molecule has 1 atom stereocenters. The largest absolute Gasteiger partial charge is 0.476 e. The lowest BCUT2D eigenvalue weighted by Crippen LogP contribution is -2.29. The first kappa shape index (κ1) is 12.5. The molecule has 0 aliphatic heterocycles. The molecule has 0 radical (unpaired) electrons. The quantitative estimate of drug-likeness (QED) is 0.835. The molecule has 1 aliphatic rings. The van der Waals surface area contributed by atoms with Gasteiger partial charge in [-0.2, -0.15) is 0 Å². The number of sulfonamides is 1. The van der Waals surface area contributed by atoms with Crippen LogP contribution >= 0.6 is 11.3 Å². The highest BCUT2D eigenvalue weighted by Crippen LogP contribution is 2.29. The van der Waals surface area contributed by atoms with Crippen molar-refractivity contribution < 1.29 is 18.3 Å². The summed E-state index contributed by atoms with van der Waals surface area (Å²) in [5.41, 5.74) is -0.0533. The van der Waals surface area contributed by atoms with Crippen molar-refractivity contribution in [3.8, 4) is 0 Å². The molecule has 0 saturated heterocycles. The van der Waals surface area contributed by atoms with E-state index in [1.165, 1.54) is 5.38 Å². The monoisotopic (exact) mass is 276 g/mol. The molecular formula is C9H12N2O4S2. The number of hydrogen-bond acceptors (Lipinski definition) is 5. The molecule has 0 spiro atoms. The second kappa shape index (κ2) is 4.35. The van der Waals surface area contributed by atoms with Gasteiger partial charge in [-0.05, 0) is 19.8 Å². The molecule has 1 aromatic rings. The first-order chi connectivity index (χ1) is 7.90. The van der Waals surface area contributed by atoms with E-state index in [-0.39, 0.29) is 10.9 Å². The van der Waals surface area contributed by atoms with E-state index in [1.54, 1.807) is 6.92 Å². The van der Waals surface area contributed by atoms with Crippen LogP contribution in [0.5, 0.6) is 0 Å². The highest BCUT2D eigenvalue weighted by Gasteiger charge is 2.36. The smallest absolute Gasteiger partial charge is 0.355 e. The minimum Gasteiger partial charge on any atom is -0.476 e. The summed E-state index contributed by atoms with van der Waals surface area (Å²) in [4.78, 5) is 14.5. The molecule has 0 aromatic carbocycles. The zero-order valence-corrected chi connectivity index (χ0v) is 10.7. The number of carboxylic acids is 1. The van der Waals surface area contributed by atoms with E-state index in [2.05, 4.69) is 9.71 Å². The van der Waals surface area contributed by atoms with Crippen molar-refractivity contribution in [2.24, 2.45) is 0 Å². The number of rotatable bonds is 5. The van der Waals surface area contributed by atoms with Gasteiger partial charge in [-0.1, -0.05) is 0 Å². The van der Waals surface area contributed by atoms with Crippen molar-refractivity contribution in [3.63, 3.8) is 0 Å². The molecule has 1 aromatic heterocycles. The fourth-order valence-electron chi connectivity index (χ4n) is 1.36. The molecule has 8 heteroatoms. The minimum atomic E-state index is -3.28. The van der Waals surface area contributed by atoms with Gasteiger partial charge >= 0.3 is 5.97 Å². The maximum atomic E-state index is 11.7. The van der Waals surface area contributed by atoms with Crippen LogP contribution in [0.3, 0.4) is 0 Å². The van der Waals surface area contributed by atoms with Gasteiger partial charge in [-0.3, -0.25) is 0 Å². The van der Waals surface area contributed by atoms with E-state index in [9.17, 15) is 13.2 Å². The van der Waals surface area contributed by atoms with Gasteiger partial charge in [0.1, 0.15) is 5.01 Å². The lowest BCUT2D eigenvalue weighted by Gasteiger charge is -2.10. The Bertz CT molecular complexity index is 533. The van der Waals surface area contributed by atoms with Crippen LogP contribution in [0.2, 0.25) is 0 Å². The number of thiazole rings is 1. The molecule has 1 unspecified atom stereocenters. The number of carboxylic acid groups (broad SMARTS) is 1. The Morgan fingerprint density at radius 3 is 2.76 bits per heavy atom. The Morgan fingerprint density at radius 2 is 2.29 bits per heavy atom. The Morgan fingerprint density at radius 1 is 1.65 bits per heavy atom. The summed E-state index contributed by atoms with van der Waals surface area (Å²) in [5, 5.41) is 10.3. The van der Waals surface area contributed by atoms with Crippen LogP contribution in [0, 0.1) is 0 Å². The van der Waals surface area contributed by atoms with Gasteiger partial charge < -0.3 is 5.11 Å². The first-order valence-corrected chi connectivity index (χ1v) is 7.52. The third-order valence-corrected chi connectivity index (χ3v) is 5.47. The lowest BCUT2D eigenvalue weighted by molar-refractivity contribution is 0.0691. The van der Waals surface area contributed by atoms with Gasteiger partial charge in [0.2, 0.25) is 10.0 Å². The summed E-state index contributed by atoms with van der Waals surface area (Å²) in [5.74, 6) is -1.11. The number of hydrogen-bond donors (Lipinski definition) is 2. The maximum Gasteiger partial charge on any atom is 0.355 e. The second-order valence-corrected chi connectivity index (χ2v) is 6.84. The van der Waals surface area contributed by atoms with Gasteiger partial charge in [0.15, 0.2) is 5.69 Å². The summed E-state index contributed by atoms with van der Waals surface area (Å²) >= 11 is 1.14. The van der Waals surface area contributed by atoms with E-state index in [0.29, 0.717) is 17.8 Å². The van der Waals surface area contributed by atoms with E-state index in [4.69, 9.17) is 5.11 Å². The van der Waals surface area contributed by atoms with E-state index in [0.717, 1.165) is 11.3 Å². The van der Waals surface area contributed by atoms with Crippen molar-refractivity contribution in [2.45, 2.75) is 31.1 Å². The number of nitrogens with zero attached hydrogens (tertiary/aromatic N) is 1. The van der Waals surface area contributed by atoms with Gasteiger partial charge in [-0.25, -0.2) is 22.9 Å². The lowest BCUT2D eigenvalue weighted by atomic mass is 10.4. The van der Waals surface area contributed by atoms with Gasteiger partial charge in [0, 0.05) is 5.38 Å². The number of aromatic carboxylic acids is 1. The molecule has 6 nitrogen and oxygen atoms in total. The normalized spacial score (nSPS) is 17.9. The summed E-state index contributed by atoms with van der Waals surface area (Å²) in [6.07, 6.45) is 1.39. The first-order valence-electron chi connectivity index (χ1n) is 5.10. The molecular weight excluding hydrogens is 264 g/mol. The zero-order chi connectivity index (χ0) is 12.6. The molecule has 2 N–H and O–H groups in total. The van der Waals surface area contributed by atoms with E-state index >= 15 is 0 Å². The standard InChI is InChI=1S/C9H12N2O4S2/c1-5(11-17(14,15)6-2-3-6)8-10-7(4-16-8)9(12)13/h4-6,11H,2-3H2,1H3,(H,12,13). The topological polar surface area (TPSA) is 96.4 Å². The molecule has 94 valence electrons. The Kier molecular flexibility index (Phi) is 3.19. The van der Waals surface area contributed by atoms with Crippen molar-refractivity contribution in [1.29, 1.82) is 0 Å². The molecule has 0 amide bonds.